The summed E-state index contributed by atoms with van der Waals surface area (Å²) in [5.74, 6) is 0. The lowest BCUT2D eigenvalue weighted by atomic mass is 10.0. The highest BCUT2D eigenvalue weighted by Crippen LogP contribution is 2.28. The molecule has 0 spiro atoms. The smallest absolute Gasteiger partial charge is 0.0510 e. The SMILES string of the molecule is Cc1cc(C)c2c(c1)cc(C(C)(C)N)n2C. The Balaban J connectivity index is 2.83. The Hall–Kier alpha value is -1.28. The molecule has 2 heteroatoms. The second kappa shape index (κ2) is 3.36. The first-order chi connectivity index (χ1) is 7.30. The Kier molecular flexibility index (Phi) is 2.35. The van der Waals surface area contributed by atoms with Crippen molar-refractivity contribution in [2.24, 2.45) is 12.8 Å². The van der Waals surface area contributed by atoms with Gasteiger partial charge in [0, 0.05) is 18.1 Å². The van der Waals surface area contributed by atoms with Gasteiger partial charge >= 0.3 is 0 Å². The first-order valence-corrected chi connectivity index (χ1v) is 5.67. The average molecular weight is 216 g/mol. The molecular formula is C14H20N2. The summed E-state index contributed by atoms with van der Waals surface area (Å²) < 4.78 is 2.21. The van der Waals surface area contributed by atoms with E-state index in [-0.39, 0.29) is 5.54 Å². The van der Waals surface area contributed by atoms with Crippen molar-refractivity contribution in [3.63, 3.8) is 0 Å². The highest BCUT2D eigenvalue weighted by atomic mass is 15.0. The number of benzene rings is 1. The molecule has 1 aromatic carbocycles. The van der Waals surface area contributed by atoms with Crippen LogP contribution in [0.1, 0.15) is 30.7 Å². The molecule has 0 saturated carbocycles. The van der Waals surface area contributed by atoms with Gasteiger partial charge in [0.05, 0.1) is 11.1 Å². The van der Waals surface area contributed by atoms with Gasteiger partial charge in [-0.3, -0.25) is 0 Å². The number of fused-ring (bicyclic) bond motifs is 1. The summed E-state index contributed by atoms with van der Waals surface area (Å²) in [6.07, 6.45) is 0. The van der Waals surface area contributed by atoms with Crippen molar-refractivity contribution in [2.75, 3.05) is 0 Å². The van der Waals surface area contributed by atoms with Gasteiger partial charge in [0.15, 0.2) is 0 Å². The number of hydrogen-bond acceptors (Lipinski definition) is 1. The van der Waals surface area contributed by atoms with Crippen molar-refractivity contribution >= 4 is 10.9 Å². The van der Waals surface area contributed by atoms with Crippen LogP contribution in [-0.4, -0.2) is 4.57 Å². The van der Waals surface area contributed by atoms with Crippen LogP contribution in [0.2, 0.25) is 0 Å². The maximum absolute atomic E-state index is 6.19. The molecule has 0 fully saturated rings. The van der Waals surface area contributed by atoms with Crippen LogP contribution in [0.3, 0.4) is 0 Å². The number of nitrogens with two attached hydrogens (primary N) is 1. The van der Waals surface area contributed by atoms with Gasteiger partial charge in [0.2, 0.25) is 0 Å². The molecule has 0 radical (unpaired) electrons. The normalized spacial score (nSPS) is 12.4. The number of aromatic nitrogens is 1. The minimum atomic E-state index is -0.298. The molecule has 0 atom stereocenters. The highest BCUT2D eigenvalue weighted by molar-refractivity contribution is 5.85. The summed E-state index contributed by atoms with van der Waals surface area (Å²) in [5, 5.41) is 1.29. The number of rotatable bonds is 1. The monoisotopic (exact) mass is 216 g/mol. The maximum atomic E-state index is 6.19. The van der Waals surface area contributed by atoms with E-state index in [1.54, 1.807) is 0 Å². The van der Waals surface area contributed by atoms with Gasteiger partial charge in [0.1, 0.15) is 0 Å². The van der Waals surface area contributed by atoms with Crippen LogP contribution in [0.15, 0.2) is 18.2 Å². The van der Waals surface area contributed by atoms with Gasteiger partial charge in [-0.05, 0) is 45.4 Å². The Bertz CT molecular complexity index is 542. The first kappa shape index (κ1) is 11.2. The minimum Gasteiger partial charge on any atom is -0.346 e. The van der Waals surface area contributed by atoms with Gasteiger partial charge in [-0.2, -0.15) is 0 Å². The summed E-state index contributed by atoms with van der Waals surface area (Å²) in [7, 11) is 2.09. The number of nitrogens with zero attached hydrogens (tertiary/aromatic N) is 1. The summed E-state index contributed by atoms with van der Waals surface area (Å²) >= 11 is 0. The van der Waals surface area contributed by atoms with E-state index in [4.69, 9.17) is 5.73 Å². The maximum Gasteiger partial charge on any atom is 0.0510 e. The number of hydrogen-bond donors (Lipinski definition) is 1. The second-order valence-corrected chi connectivity index (χ2v) is 5.33. The topological polar surface area (TPSA) is 30.9 Å². The summed E-state index contributed by atoms with van der Waals surface area (Å²) in [6.45, 7) is 8.38. The first-order valence-electron chi connectivity index (χ1n) is 5.67. The van der Waals surface area contributed by atoms with Crippen molar-refractivity contribution in [1.82, 2.24) is 4.57 Å². The van der Waals surface area contributed by atoms with Crippen molar-refractivity contribution in [2.45, 2.75) is 33.2 Å². The van der Waals surface area contributed by atoms with Gasteiger partial charge in [0.25, 0.3) is 0 Å². The molecule has 0 aliphatic heterocycles. The molecule has 0 unspecified atom stereocenters. The predicted octanol–water partition coefficient (Wildman–Crippen LogP) is 2.99. The Labute approximate surface area is 97.1 Å². The van der Waals surface area contributed by atoms with Gasteiger partial charge in [-0.1, -0.05) is 11.6 Å². The largest absolute Gasteiger partial charge is 0.346 e. The molecule has 1 heterocycles. The van der Waals surface area contributed by atoms with Crippen LogP contribution in [0.5, 0.6) is 0 Å². The molecule has 2 nitrogen and oxygen atoms in total. The minimum absolute atomic E-state index is 0.298. The third kappa shape index (κ3) is 1.63. The molecule has 16 heavy (non-hydrogen) atoms. The van der Waals surface area contributed by atoms with Crippen LogP contribution in [0.25, 0.3) is 10.9 Å². The van der Waals surface area contributed by atoms with Crippen molar-refractivity contribution in [3.8, 4) is 0 Å². The Morgan fingerprint density at radius 3 is 2.31 bits per heavy atom. The van der Waals surface area contributed by atoms with Gasteiger partial charge in [-0.25, -0.2) is 0 Å². The third-order valence-corrected chi connectivity index (χ3v) is 3.12. The quantitative estimate of drug-likeness (QED) is 0.780. The van der Waals surface area contributed by atoms with E-state index in [1.165, 1.54) is 27.7 Å². The molecular weight excluding hydrogens is 196 g/mol. The molecule has 0 bridgehead atoms. The summed E-state index contributed by atoms with van der Waals surface area (Å²) in [6, 6.07) is 6.64. The fraction of sp³-hybridized carbons (Fsp3) is 0.429. The van der Waals surface area contributed by atoms with Crippen molar-refractivity contribution in [1.29, 1.82) is 0 Å². The van der Waals surface area contributed by atoms with Crippen LogP contribution in [0, 0.1) is 13.8 Å². The molecule has 2 rings (SSSR count). The van der Waals surface area contributed by atoms with Crippen molar-refractivity contribution < 1.29 is 0 Å². The van der Waals surface area contributed by atoms with E-state index >= 15 is 0 Å². The van der Waals surface area contributed by atoms with E-state index in [1.807, 2.05) is 13.8 Å². The van der Waals surface area contributed by atoms with E-state index in [0.717, 1.165) is 0 Å². The summed E-state index contributed by atoms with van der Waals surface area (Å²) in [5.41, 5.74) is 11.0. The molecule has 2 aromatic rings. The molecule has 2 N–H and O–H groups in total. The van der Waals surface area contributed by atoms with E-state index < -0.39 is 0 Å². The molecule has 0 aliphatic rings. The lowest BCUT2D eigenvalue weighted by molar-refractivity contribution is 0.516. The van der Waals surface area contributed by atoms with E-state index in [2.05, 4.69) is 43.7 Å². The second-order valence-electron chi connectivity index (χ2n) is 5.33. The zero-order valence-electron chi connectivity index (χ0n) is 10.8. The van der Waals surface area contributed by atoms with Crippen LogP contribution < -0.4 is 5.73 Å². The zero-order valence-corrected chi connectivity index (χ0v) is 10.8. The third-order valence-electron chi connectivity index (χ3n) is 3.12. The number of aryl methyl sites for hydroxylation is 3. The summed E-state index contributed by atoms with van der Waals surface area (Å²) in [4.78, 5) is 0. The van der Waals surface area contributed by atoms with Gasteiger partial charge < -0.3 is 10.3 Å². The molecule has 86 valence electrons. The van der Waals surface area contributed by atoms with Crippen LogP contribution in [-0.2, 0) is 12.6 Å². The molecule has 0 amide bonds. The Morgan fingerprint density at radius 1 is 1.12 bits per heavy atom. The highest BCUT2D eigenvalue weighted by Gasteiger charge is 2.20. The standard InChI is InChI=1S/C14H20N2/c1-9-6-10(2)13-11(7-9)8-12(16(13)5)14(3,4)15/h6-8H,15H2,1-5H3. The lowest BCUT2D eigenvalue weighted by Gasteiger charge is -2.20. The van der Waals surface area contributed by atoms with Crippen LogP contribution in [0.4, 0.5) is 0 Å². The molecule has 1 aromatic heterocycles. The van der Waals surface area contributed by atoms with Crippen molar-refractivity contribution in [3.05, 3.63) is 35.0 Å². The fourth-order valence-electron chi connectivity index (χ4n) is 2.54. The predicted molar refractivity (Wildman–Crippen MR) is 69.6 cm³/mol. The lowest BCUT2D eigenvalue weighted by Crippen LogP contribution is -2.30. The van der Waals surface area contributed by atoms with Gasteiger partial charge in [-0.15, -0.1) is 0 Å². The van der Waals surface area contributed by atoms with E-state index in [0.29, 0.717) is 0 Å². The van der Waals surface area contributed by atoms with Crippen LogP contribution >= 0.6 is 0 Å². The Morgan fingerprint density at radius 2 is 1.75 bits per heavy atom. The zero-order chi connectivity index (χ0) is 12.1. The molecule has 0 saturated heterocycles. The average Bonchev–Trinajstić information content (AvgIpc) is 2.41. The fourth-order valence-corrected chi connectivity index (χ4v) is 2.54. The molecule has 0 aliphatic carbocycles. The van der Waals surface area contributed by atoms with E-state index in [9.17, 15) is 0 Å².